The summed E-state index contributed by atoms with van der Waals surface area (Å²) < 4.78 is 0. The lowest BCUT2D eigenvalue weighted by Gasteiger charge is -2.05. The molecule has 1 aromatic carbocycles. The van der Waals surface area contributed by atoms with Crippen LogP contribution in [0.1, 0.15) is 28.8 Å². The summed E-state index contributed by atoms with van der Waals surface area (Å²) in [7, 11) is 0. The molecule has 0 aliphatic heterocycles. The number of amides is 1. The van der Waals surface area contributed by atoms with Crippen molar-refractivity contribution < 1.29 is 14.7 Å². The number of hydrogen-bond acceptors (Lipinski definition) is 3. The fourth-order valence-electron chi connectivity index (χ4n) is 1.60. The van der Waals surface area contributed by atoms with E-state index in [2.05, 4.69) is 5.32 Å². The minimum Gasteiger partial charge on any atom is -0.478 e. The molecule has 0 saturated carbocycles. The molecule has 104 valence electrons. The van der Waals surface area contributed by atoms with Crippen LogP contribution in [0.3, 0.4) is 0 Å². The molecule has 0 saturated heterocycles. The zero-order valence-corrected chi connectivity index (χ0v) is 11.8. The number of benzene rings is 1. The molecule has 0 fully saturated rings. The molecule has 0 aliphatic carbocycles. The van der Waals surface area contributed by atoms with Crippen LogP contribution in [0.25, 0.3) is 0 Å². The maximum absolute atomic E-state index is 11.5. The number of thioether (sulfide) groups is 1. The molecule has 0 aromatic heterocycles. The van der Waals surface area contributed by atoms with Crippen molar-refractivity contribution in [3.8, 4) is 0 Å². The van der Waals surface area contributed by atoms with Crippen molar-refractivity contribution in [2.24, 2.45) is 0 Å². The average Bonchev–Trinajstić information content (AvgIpc) is 2.42. The van der Waals surface area contributed by atoms with Crippen molar-refractivity contribution in [1.82, 2.24) is 5.32 Å². The molecule has 5 heteroatoms. The van der Waals surface area contributed by atoms with E-state index in [1.54, 1.807) is 36.0 Å². The van der Waals surface area contributed by atoms with Crippen molar-refractivity contribution in [3.63, 3.8) is 0 Å². The summed E-state index contributed by atoms with van der Waals surface area (Å²) >= 11 is 1.77. The highest BCUT2D eigenvalue weighted by atomic mass is 32.2. The molecule has 0 unspecified atom stereocenters. The predicted molar refractivity (Wildman–Crippen MR) is 77.7 cm³/mol. The van der Waals surface area contributed by atoms with Crippen LogP contribution in [-0.4, -0.2) is 35.5 Å². The van der Waals surface area contributed by atoms with E-state index in [4.69, 9.17) is 5.11 Å². The second kappa shape index (κ2) is 8.58. The van der Waals surface area contributed by atoms with Gasteiger partial charge in [-0.1, -0.05) is 12.1 Å². The Morgan fingerprint density at radius 3 is 2.53 bits per heavy atom. The van der Waals surface area contributed by atoms with Crippen molar-refractivity contribution in [3.05, 3.63) is 35.4 Å². The lowest BCUT2D eigenvalue weighted by molar-refractivity contribution is -0.121. The highest BCUT2D eigenvalue weighted by molar-refractivity contribution is 7.98. The number of aromatic carboxylic acids is 1. The Hall–Kier alpha value is -1.49. The maximum atomic E-state index is 11.5. The summed E-state index contributed by atoms with van der Waals surface area (Å²) in [5.74, 6) is 0.165. The highest BCUT2D eigenvalue weighted by Crippen LogP contribution is 2.06. The Balaban J connectivity index is 2.28. The van der Waals surface area contributed by atoms with Gasteiger partial charge in [0.2, 0.25) is 5.91 Å². The molecule has 0 bridgehead atoms. The number of hydrogen-bond donors (Lipinski definition) is 2. The van der Waals surface area contributed by atoms with Gasteiger partial charge in [-0.3, -0.25) is 4.79 Å². The number of carbonyl (C=O) groups excluding carboxylic acids is 1. The van der Waals surface area contributed by atoms with Gasteiger partial charge < -0.3 is 10.4 Å². The van der Waals surface area contributed by atoms with Crippen LogP contribution in [-0.2, 0) is 11.2 Å². The molecule has 0 heterocycles. The SMILES string of the molecule is CSCCCNC(=O)CCc1ccc(C(=O)O)cc1. The number of carboxylic acids is 1. The molecule has 0 aliphatic rings. The Morgan fingerprint density at radius 2 is 1.95 bits per heavy atom. The van der Waals surface area contributed by atoms with Crippen molar-refractivity contribution in [2.75, 3.05) is 18.6 Å². The normalized spacial score (nSPS) is 10.2. The molecule has 19 heavy (non-hydrogen) atoms. The van der Waals surface area contributed by atoms with Crippen molar-refractivity contribution in [2.45, 2.75) is 19.3 Å². The van der Waals surface area contributed by atoms with E-state index in [0.717, 1.165) is 24.3 Å². The van der Waals surface area contributed by atoms with Gasteiger partial charge in [-0.2, -0.15) is 11.8 Å². The Bertz CT molecular complexity index is 417. The largest absolute Gasteiger partial charge is 0.478 e. The first-order valence-corrected chi connectivity index (χ1v) is 7.60. The number of rotatable bonds is 8. The molecule has 1 aromatic rings. The smallest absolute Gasteiger partial charge is 0.335 e. The minimum atomic E-state index is -0.932. The summed E-state index contributed by atoms with van der Waals surface area (Å²) in [6, 6.07) is 6.64. The summed E-state index contributed by atoms with van der Waals surface area (Å²) in [5.41, 5.74) is 1.24. The summed E-state index contributed by atoms with van der Waals surface area (Å²) in [6.45, 7) is 0.720. The monoisotopic (exact) mass is 281 g/mol. The van der Waals surface area contributed by atoms with Gasteiger partial charge in [0.1, 0.15) is 0 Å². The highest BCUT2D eigenvalue weighted by Gasteiger charge is 2.04. The Labute approximate surface area is 117 Å². The summed E-state index contributed by atoms with van der Waals surface area (Å²) in [5, 5.41) is 11.6. The first-order valence-electron chi connectivity index (χ1n) is 6.21. The van der Waals surface area contributed by atoms with E-state index in [1.165, 1.54) is 0 Å². The molecule has 1 rings (SSSR count). The molecule has 0 atom stereocenters. The standard InChI is InChI=1S/C14H19NO3S/c1-19-10-2-9-15-13(16)8-5-11-3-6-12(7-4-11)14(17)18/h3-4,6-7H,2,5,8-10H2,1H3,(H,15,16)(H,17,18). The van der Waals surface area contributed by atoms with Crippen molar-refractivity contribution in [1.29, 1.82) is 0 Å². The molecule has 0 radical (unpaired) electrons. The minimum absolute atomic E-state index is 0.0448. The van der Waals surface area contributed by atoms with Gasteiger partial charge in [0.05, 0.1) is 5.56 Å². The number of aryl methyl sites for hydroxylation is 1. The van der Waals surface area contributed by atoms with E-state index in [9.17, 15) is 9.59 Å². The predicted octanol–water partition coefficient (Wildman–Crippen LogP) is 2.19. The number of carboxylic acid groups (broad SMARTS) is 1. The van der Waals surface area contributed by atoms with Gasteiger partial charge in [-0.25, -0.2) is 4.79 Å². The van der Waals surface area contributed by atoms with E-state index in [1.807, 2.05) is 6.26 Å². The zero-order chi connectivity index (χ0) is 14.1. The number of carbonyl (C=O) groups is 2. The molecular weight excluding hydrogens is 262 g/mol. The first-order chi connectivity index (χ1) is 9.13. The van der Waals surface area contributed by atoms with E-state index in [-0.39, 0.29) is 11.5 Å². The summed E-state index contributed by atoms with van der Waals surface area (Å²) in [6.07, 6.45) is 4.10. The van der Waals surface area contributed by atoms with Crippen LogP contribution in [0.4, 0.5) is 0 Å². The van der Waals surface area contributed by atoms with E-state index in [0.29, 0.717) is 12.8 Å². The first kappa shape index (κ1) is 15.6. The lowest BCUT2D eigenvalue weighted by Crippen LogP contribution is -2.24. The third-order valence-corrected chi connectivity index (χ3v) is 3.39. The van der Waals surface area contributed by atoms with Gasteiger partial charge in [-0.05, 0) is 42.5 Å². The van der Waals surface area contributed by atoms with Gasteiger partial charge in [0.15, 0.2) is 0 Å². The van der Waals surface area contributed by atoms with Crippen LogP contribution in [0.5, 0.6) is 0 Å². The van der Waals surface area contributed by atoms with Gasteiger partial charge in [0.25, 0.3) is 0 Å². The third-order valence-electron chi connectivity index (χ3n) is 2.69. The molecule has 2 N–H and O–H groups in total. The van der Waals surface area contributed by atoms with Crippen LogP contribution in [0, 0.1) is 0 Å². The lowest BCUT2D eigenvalue weighted by atomic mass is 10.1. The van der Waals surface area contributed by atoms with Gasteiger partial charge in [0, 0.05) is 13.0 Å². The Kier molecular flexibility index (Phi) is 7.03. The van der Waals surface area contributed by atoms with E-state index < -0.39 is 5.97 Å². The van der Waals surface area contributed by atoms with E-state index >= 15 is 0 Å². The molecule has 4 nitrogen and oxygen atoms in total. The second-order valence-electron chi connectivity index (χ2n) is 4.20. The summed E-state index contributed by atoms with van der Waals surface area (Å²) in [4.78, 5) is 22.2. The topological polar surface area (TPSA) is 66.4 Å². The quantitative estimate of drug-likeness (QED) is 0.717. The molecular formula is C14H19NO3S. The fraction of sp³-hybridized carbons (Fsp3) is 0.429. The van der Waals surface area contributed by atoms with Crippen LogP contribution < -0.4 is 5.32 Å². The van der Waals surface area contributed by atoms with Crippen LogP contribution in [0.2, 0.25) is 0 Å². The van der Waals surface area contributed by atoms with Crippen LogP contribution in [0.15, 0.2) is 24.3 Å². The molecule has 0 spiro atoms. The van der Waals surface area contributed by atoms with Crippen LogP contribution >= 0.6 is 11.8 Å². The average molecular weight is 281 g/mol. The Morgan fingerprint density at radius 1 is 1.26 bits per heavy atom. The fourth-order valence-corrected chi connectivity index (χ4v) is 2.04. The maximum Gasteiger partial charge on any atom is 0.335 e. The number of nitrogens with one attached hydrogen (secondary N) is 1. The zero-order valence-electron chi connectivity index (χ0n) is 11.0. The second-order valence-corrected chi connectivity index (χ2v) is 5.18. The van der Waals surface area contributed by atoms with Crippen molar-refractivity contribution >= 4 is 23.6 Å². The molecule has 1 amide bonds. The third kappa shape index (κ3) is 6.29. The van der Waals surface area contributed by atoms with Gasteiger partial charge >= 0.3 is 5.97 Å². The van der Waals surface area contributed by atoms with Gasteiger partial charge in [-0.15, -0.1) is 0 Å².